The van der Waals surface area contributed by atoms with Crippen LogP contribution >= 0.6 is 0 Å². The molecule has 1 aliphatic heterocycles. The van der Waals surface area contributed by atoms with Crippen molar-refractivity contribution in [3.05, 3.63) is 60.3 Å². The molecule has 1 fully saturated rings. The highest BCUT2D eigenvalue weighted by atomic mass is 16.5. The number of para-hydroxylation sites is 3. The van der Waals surface area contributed by atoms with Crippen LogP contribution in [0.15, 0.2) is 54.7 Å². The van der Waals surface area contributed by atoms with E-state index < -0.39 is 11.6 Å². The van der Waals surface area contributed by atoms with Crippen LogP contribution in [0.2, 0.25) is 0 Å². The van der Waals surface area contributed by atoms with Crippen molar-refractivity contribution >= 4 is 28.5 Å². The van der Waals surface area contributed by atoms with Gasteiger partial charge in [0.15, 0.2) is 5.60 Å². The molecule has 2 heterocycles. The second-order valence-corrected chi connectivity index (χ2v) is 7.91. The molecule has 0 aliphatic carbocycles. The number of H-pyrrole nitrogens is 1. The van der Waals surface area contributed by atoms with E-state index in [9.17, 15) is 14.7 Å². The van der Waals surface area contributed by atoms with Gasteiger partial charge < -0.3 is 24.6 Å². The lowest BCUT2D eigenvalue weighted by molar-refractivity contribution is -0.152. The van der Waals surface area contributed by atoms with Crippen molar-refractivity contribution in [2.24, 2.45) is 0 Å². The normalized spacial score (nSPS) is 14.7. The van der Waals surface area contributed by atoms with E-state index in [0.717, 1.165) is 16.6 Å². The summed E-state index contributed by atoms with van der Waals surface area (Å²) in [6.45, 7) is 5.50. The van der Waals surface area contributed by atoms with E-state index in [1.165, 1.54) is 13.8 Å². The highest BCUT2D eigenvalue weighted by Crippen LogP contribution is 2.32. The Balaban J connectivity index is 1.48. The quantitative estimate of drug-likeness (QED) is 0.677. The molecule has 1 amide bonds. The molecule has 156 valence electrons. The van der Waals surface area contributed by atoms with Crippen LogP contribution in [0.25, 0.3) is 10.9 Å². The van der Waals surface area contributed by atoms with Gasteiger partial charge in [-0.05, 0) is 32.0 Å². The molecule has 0 atom stereocenters. The van der Waals surface area contributed by atoms with Crippen LogP contribution in [0.5, 0.6) is 5.75 Å². The molecule has 4 rings (SSSR count). The fourth-order valence-electron chi connectivity index (χ4n) is 3.69. The van der Waals surface area contributed by atoms with Gasteiger partial charge in [0, 0.05) is 43.3 Å². The zero-order chi connectivity index (χ0) is 21.3. The average Bonchev–Trinajstić information content (AvgIpc) is 3.17. The number of aromatic nitrogens is 1. The number of aliphatic carboxylic acids is 1. The molecule has 1 aliphatic rings. The standard InChI is InChI=1S/C23H25N3O4/c1-23(2,22(28)29)30-20-10-6-5-9-19(20)25-11-13-26(14-12-25)21(27)17-15-24-18-8-4-3-7-16(17)18/h3-10,15,24H,11-14H2,1-2H3,(H,28,29). The molecule has 1 aromatic heterocycles. The molecule has 30 heavy (non-hydrogen) atoms. The number of fused-ring (bicyclic) bond motifs is 1. The molecule has 0 radical (unpaired) electrons. The number of ether oxygens (including phenoxy) is 1. The maximum absolute atomic E-state index is 13.0. The number of hydrogen-bond donors (Lipinski definition) is 2. The van der Waals surface area contributed by atoms with Crippen LogP contribution in [-0.2, 0) is 4.79 Å². The van der Waals surface area contributed by atoms with E-state index in [1.54, 1.807) is 12.3 Å². The summed E-state index contributed by atoms with van der Waals surface area (Å²) in [6, 6.07) is 15.2. The highest BCUT2D eigenvalue weighted by Gasteiger charge is 2.31. The Morgan fingerprint density at radius 1 is 1.00 bits per heavy atom. The van der Waals surface area contributed by atoms with Crippen molar-refractivity contribution in [1.82, 2.24) is 9.88 Å². The van der Waals surface area contributed by atoms with Crippen molar-refractivity contribution in [2.75, 3.05) is 31.1 Å². The number of aromatic amines is 1. The van der Waals surface area contributed by atoms with Gasteiger partial charge in [0.1, 0.15) is 5.75 Å². The Labute approximate surface area is 174 Å². The van der Waals surface area contributed by atoms with E-state index >= 15 is 0 Å². The monoisotopic (exact) mass is 407 g/mol. The molecule has 2 aromatic carbocycles. The van der Waals surface area contributed by atoms with Crippen molar-refractivity contribution in [1.29, 1.82) is 0 Å². The number of carboxylic acid groups (broad SMARTS) is 1. The summed E-state index contributed by atoms with van der Waals surface area (Å²) in [5.74, 6) is -0.476. The molecule has 3 aromatic rings. The largest absolute Gasteiger partial charge is 0.478 e. The molecule has 1 saturated heterocycles. The van der Waals surface area contributed by atoms with E-state index in [0.29, 0.717) is 37.5 Å². The zero-order valence-corrected chi connectivity index (χ0v) is 17.1. The first-order valence-corrected chi connectivity index (χ1v) is 9.98. The summed E-state index contributed by atoms with van der Waals surface area (Å²) in [7, 11) is 0. The Morgan fingerprint density at radius 3 is 2.40 bits per heavy atom. The first kappa shape index (κ1) is 19.8. The number of nitrogens with one attached hydrogen (secondary N) is 1. The number of rotatable bonds is 5. The Bertz CT molecular complexity index is 1080. The van der Waals surface area contributed by atoms with Crippen molar-refractivity contribution in [3.63, 3.8) is 0 Å². The third kappa shape index (κ3) is 3.70. The number of piperazine rings is 1. The Morgan fingerprint density at radius 2 is 1.67 bits per heavy atom. The molecule has 7 heteroatoms. The Hall–Kier alpha value is -3.48. The van der Waals surface area contributed by atoms with Gasteiger partial charge >= 0.3 is 5.97 Å². The summed E-state index contributed by atoms with van der Waals surface area (Å²) in [5, 5.41) is 10.3. The minimum absolute atomic E-state index is 0.0173. The predicted octanol–water partition coefficient (Wildman–Crippen LogP) is 3.37. The summed E-state index contributed by atoms with van der Waals surface area (Å²) in [5.41, 5.74) is 1.15. The maximum Gasteiger partial charge on any atom is 0.347 e. The van der Waals surface area contributed by atoms with Crippen LogP contribution in [0, 0.1) is 0 Å². The molecule has 0 bridgehead atoms. The smallest absolute Gasteiger partial charge is 0.347 e. The fourth-order valence-corrected chi connectivity index (χ4v) is 3.69. The number of amides is 1. The fraction of sp³-hybridized carbons (Fsp3) is 0.304. The van der Waals surface area contributed by atoms with Crippen molar-refractivity contribution in [2.45, 2.75) is 19.4 Å². The van der Waals surface area contributed by atoms with Gasteiger partial charge in [-0.2, -0.15) is 0 Å². The minimum atomic E-state index is -1.33. The van der Waals surface area contributed by atoms with E-state index in [2.05, 4.69) is 9.88 Å². The number of hydrogen-bond acceptors (Lipinski definition) is 4. The van der Waals surface area contributed by atoms with Gasteiger partial charge in [-0.1, -0.05) is 30.3 Å². The minimum Gasteiger partial charge on any atom is -0.478 e. The number of carbonyl (C=O) groups excluding carboxylic acids is 1. The lowest BCUT2D eigenvalue weighted by Gasteiger charge is -2.37. The predicted molar refractivity (Wildman–Crippen MR) is 115 cm³/mol. The molecular formula is C23H25N3O4. The Kier molecular flexibility index (Phi) is 5.11. The second kappa shape index (κ2) is 7.74. The second-order valence-electron chi connectivity index (χ2n) is 7.91. The van der Waals surface area contributed by atoms with Gasteiger partial charge in [-0.15, -0.1) is 0 Å². The van der Waals surface area contributed by atoms with E-state index in [4.69, 9.17) is 4.74 Å². The number of anilines is 1. The van der Waals surface area contributed by atoms with Crippen LogP contribution in [0.1, 0.15) is 24.2 Å². The summed E-state index contributed by atoms with van der Waals surface area (Å²) >= 11 is 0. The first-order chi connectivity index (χ1) is 14.4. The molecule has 0 saturated carbocycles. The van der Waals surface area contributed by atoms with Gasteiger partial charge in [0.05, 0.1) is 11.3 Å². The van der Waals surface area contributed by atoms with Gasteiger partial charge in [-0.3, -0.25) is 4.79 Å². The highest BCUT2D eigenvalue weighted by molar-refractivity contribution is 6.06. The number of benzene rings is 2. The number of carbonyl (C=O) groups is 2. The SMILES string of the molecule is CC(C)(Oc1ccccc1N1CCN(C(=O)c2c[nH]c3ccccc23)CC1)C(=O)O. The first-order valence-electron chi connectivity index (χ1n) is 9.98. The molecule has 0 spiro atoms. The molecular weight excluding hydrogens is 382 g/mol. The van der Waals surface area contributed by atoms with Crippen LogP contribution < -0.4 is 9.64 Å². The van der Waals surface area contributed by atoms with Crippen LogP contribution in [-0.4, -0.2) is 58.6 Å². The van der Waals surface area contributed by atoms with Crippen LogP contribution in [0.3, 0.4) is 0 Å². The molecule has 0 unspecified atom stereocenters. The van der Waals surface area contributed by atoms with Crippen LogP contribution in [0.4, 0.5) is 5.69 Å². The van der Waals surface area contributed by atoms with E-state index in [1.807, 2.05) is 47.4 Å². The third-order valence-electron chi connectivity index (χ3n) is 5.47. The molecule has 7 nitrogen and oxygen atoms in total. The third-order valence-corrected chi connectivity index (χ3v) is 5.47. The average molecular weight is 407 g/mol. The molecule has 2 N–H and O–H groups in total. The lowest BCUT2D eigenvalue weighted by Crippen LogP contribution is -2.49. The van der Waals surface area contributed by atoms with E-state index in [-0.39, 0.29) is 5.91 Å². The summed E-state index contributed by atoms with van der Waals surface area (Å²) in [6.07, 6.45) is 1.77. The number of nitrogens with zero attached hydrogens (tertiary/aromatic N) is 2. The summed E-state index contributed by atoms with van der Waals surface area (Å²) in [4.78, 5) is 31.6. The van der Waals surface area contributed by atoms with Gasteiger partial charge in [-0.25, -0.2) is 4.79 Å². The zero-order valence-electron chi connectivity index (χ0n) is 17.1. The van der Waals surface area contributed by atoms with Gasteiger partial charge in [0.25, 0.3) is 5.91 Å². The maximum atomic E-state index is 13.0. The van der Waals surface area contributed by atoms with Crippen molar-refractivity contribution < 1.29 is 19.4 Å². The lowest BCUT2D eigenvalue weighted by atomic mass is 10.1. The van der Waals surface area contributed by atoms with Gasteiger partial charge in [0.2, 0.25) is 0 Å². The number of carboxylic acids is 1. The summed E-state index contributed by atoms with van der Waals surface area (Å²) < 4.78 is 5.80. The van der Waals surface area contributed by atoms with Crippen molar-refractivity contribution in [3.8, 4) is 5.75 Å². The topological polar surface area (TPSA) is 85.9 Å².